The summed E-state index contributed by atoms with van der Waals surface area (Å²) >= 11 is 0. The van der Waals surface area contributed by atoms with E-state index in [1.165, 1.54) is 0 Å². The number of carbonyl (C=O) groups is 3. The molecular weight excluding hydrogens is 411 g/mol. The van der Waals surface area contributed by atoms with Crippen LogP contribution in [0.3, 0.4) is 0 Å². The smallest absolute Gasteiger partial charge is 0.459 e. The number of benzene rings is 1. The van der Waals surface area contributed by atoms with Gasteiger partial charge >= 0.3 is 19.1 Å². The van der Waals surface area contributed by atoms with Crippen LogP contribution >= 0.6 is 0 Å². The fourth-order valence-electron chi connectivity index (χ4n) is 4.44. The summed E-state index contributed by atoms with van der Waals surface area (Å²) in [5.41, 5.74) is -0.152. The molecule has 3 aliphatic rings. The molecule has 2 fully saturated rings. The molecule has 4 rings (SSSR count). The third-order valence-corrected chi connectivity index (χ3v) is 6.77. The van der Waals surface area contributed by atoms with E-state index in [0.29, 0.717) is 12.8 Å². The molecule has 2 aliphatic heterocycles. The number of ether oxygens (including phenoxy) is 1. The Hall–Kier alpha value is -2.39. The molecule has 1 aromatic rings. The van der Waals surface area contributed by atoms with E-state index in [9.17, 15) is 14.4 Å². The number of hydrogen-bond donors (Lipinski definition) is 1. The molecule has 0 aromatic heterocycles. The highest BCUT2D eigenvalue weighted by atomic mass is 16.7. The number of hydrogen-bond acceptors (Lipinski definition) is 6. The molecule has 1 spiro atoms. The zero-order valence-corrected chi connectivity index (χ0v) is 19.8. The van der Waals surface area contributed by atoms with Gasteiger partial charge in [-0.05, 0) is 77.9 Å². The summed E-state index contributed by atoms with van der Waals surface area (Å²) < 4.78 is 17.6. The van der Waals surface area contributed by atoms with Gasteiger partial charge in [0.2, 0.25) is 0 Å². The molecule has 1 aliphatic carbocycles. The Balaban J connectivity index is 1.56. The van der Waals surface area contributed by atoms with Crippen molar-refractivity contribution in [1.29, 1.82) is 0 Å². The van der Waals surface area contributed by atoms with E-state index in [4.69, 9.17) is 14.0 Å². The van der Waals surface area contributed by atoms with Crippen LogP contribution in [0.15, 0.2) is 18.2 Å². The molecule has 2 heterocycles. The molecule has 32 heavy (non-hydrogen) atoms. The molecule has 1 unspecified atom stereocenters. The first kappa shape index (κ1) is 22.8. The van der Waals surface area contributed by atoms with Crippen molar-refractivity contribution in [3.63, 3.8) is 0 Å². The second kappa shape index (κ2) is 7.06. The van der Waals surface area contributed by atoms with Crippen molar-refractivity contribution in [3.05, 3.63) is 29.3 Å². The second-order valence-corrected chi connectivity index (χ2v) is 10.8. The first-order chi connectivity index (χ1) is 14.7. The molecular formula is C23H31BN2O6. The molecule has 9 heteroatoms. The van der Waals surface area contributed by atoms with E-state index in [1.807, 2.05) is 45.9 Å². The molecule has 0 bridgehead atoms. The van der Waals surface area contributed by atoms with E-state index >= 15 is 0 Å². The summed E-state index contributed by atoms with van der Waals surface area (Å²) in [7, 11) is -0.501. The van der Waals surface area contributed by atoms with Crippen LogP contribution < -0.4 is 10.8 Å². The quantitative estimate of drug-likeness (QED) is 0.438. The number of amides is 3. The van der Waals surface area contributed by atoms with E-state index in [2.05, 4.69) is 5.32 Å². The molecule has 0 radical (unpaired) electrons. The predicted octanol–water partition coefficient (Wildman–Crippen LogP) is 2.02. The number of carbonyl (C=O) groups excluding carboxylic acids is 3. The summed E-state index contributed by atoms with van der Waals surface area (Å²) in [6.45, 7) is 12.8. The minimum absolute atomic E-state index is 0.412. The van der Waals surface area contributed by atoms with Gasteiger partial charge in [-0.3, -0.25) is 14.5 Å². The minimum atomic E-state index is -1.15. The normalized spacial score (nSPS) is 26.0. The Morgan fingerprint density at radius 2 is 1.78 bits per heavy atom. The van der Waals surface area contributed by atoms with Crippen LogP contribution in [-0.2, 0) is 35.6 Å². The van der Waals surface area contributed by atoms with Gasteiger partial charge in [-0.15, -0.1) is 0 Å². The lowest BCUT2D eigenvalue weighted by Gasteiger charge is -2.32. The lowest BCUT2D eigenvalue weighted by molar-refractivity contribution is -0.157. The van der Waals surface area contributed by atoms with Crippen LogP contribution in [0.4, 0.5) is 4.79 Å². The van der Waals surface area contributed by atoms with Crippen LogP contribution in [0, 0.1) is 0 Å². The fourth-order valence-corrected chi connectivity index (χ4v) is 4.44. The molecule has 1 atom stereocenters. The number of esters is 1. The monoisotopic (exact) mass is 442 g/mol. The van der Waals surface area contributed by atoms with E-state index < -0.39 is 53.9 Å². The summed E-state index contributed by atoms with van der Waals surface area (Å²) in [5, 5.41) is 2.84. The highest BCUT2D eigenvalue weighted by Crippen LogP contribution is 2.42. The summed E-state index contributed by atoms with van der Waals surface area (Å²) in [6.07, 6.45) is 1.06. The zero-order chi connectivity index (χ0) is 23.7. The van der Waals surface area contributed by atoms with Crippen LogP contribution in [0.2, 0.25) is 0 Å². The number of aryl methyl sites for hydroxylation is 1. The predicted molar refractivity (Wildman–Crippen MR) is 118 cm³/mol. The van der Waals surface area contributed by atoms with Gasteiger partial charge in [-0.1, -0.05) is 18.2 Å². The standard InChI is InChI=1S/C23H31BN2O6/c1-20(2,3)30-17(27)13-26-18(28)23(25-19(26)29)11-10-14-12-15(8-9-16(14)23)24-31-21(4,5)22(6,7)32-24/h8-9,12H,10-11,13H2,1-7H3,(H,25,29). The Kier molecular flexibility index (Phi) is 5.03. The topological polar surface area (TPSA) is 94.2 Å². The van der Waals surface area contributed by atoms with Gasteiger partial charge in [0.25, 0.3) is 5.91 Å². The van der Waals surface area contributed by atoms with Crippen LogP contribution in [0.1, 0.15) is 66.0 Å². The SMILES string of the molecule is CC(C)(C)OC(=O)CN1C(=O)NC2(CCc3cc(B4OC(C)(C)C(C)(C)O4)ccc32)C1=O. The maximum Gasteiger partial charge on any atom is 0.494 e. The van der Waals surface area contributed by atoms with Crippen molar-refractivity contribution in [2.75, 3.05) is 6.54 Å². The van der Waals surface area contributed by atoms with Gasteiger partial charge in [-0.25, -0.2) is 4.79 Å². The van der Waals surface area contributed by atoms with Crippen molar-refractivity contribution >= 4 is 30.5 Å². The van der Waals surface area contributed by atoms with Gasteiger partial charge in [0.05, 0.1) is 11.2 Å². The Bertz CT molecular complexity index is 983. The van der Waals surface area contributed by atoms with Crippen LogP contribution in [0.25, 0.3) is 0 Å². The first-order valence-electron chi connectivity index (χ1n) is 11.0. The van der Waals surface area contributed by atoms with Gasteiger partial charge in [-0.2, -0.15) is 0 Å². The number of imide groups is 1. The van der Waals surface area contributed by atoms with Crippen LogP contribution in [-0.4, -0.2) is 53.3 Å². The zero-order valence-electron chi connectivity index (χ0n) is 19.8. The lowest BCUT2D eigenvalue weighted by Crippen LogP contribution is -2.43. The Morgan fingerprint density at radius 3 is 2.38 bits per heavy atom. The molecule has 1 N–H and O–H groups in total. The molecule has 2 saturated heterocycles. The second-order valence-electron chi connectivity index (χ2n) is 10.8. The number of nitrogens with zero attached hydrogens (tertiary/aromatic N) is 1. The van der Waals surface area contributed by atoms with E-state index in [0.717, 1.165) is 21.5 Å². The number of fused-ring (bicyclic) bond motifs is 2. The van der Waals surface area contributed by atoms with Crippen molar-refractivity contribution in [2.24, 2.45) is 0 Å². The van der Waals surface area contributed by atoms with Gasteiger partial charge in [0, 0.05) is 0 Å². The summed E-state index contributed by atoms with van der Waals surface area (Å²) in [4.78, 5) is 39.1. The van der Waals surface area contributed by atoms with Crippen molar-refractivity contribution < 1.29 is 28.4 Å². The summed E-state index contributed by atoms with van der Waals surface area (Å²) in [5.74, 6) is -1.04. The largest absolute Gasteiger partial charge is 0.494 e. The highest BCUT2D eigenvalue weighted by Gasteiger charge is 2.56. The molecule has 0 saturated carbocycles. The molecule has 3 amide bonds. The number of nitrogens with one attached hydrogen (secondary N) is 1. The Labute approximate surface area is 189 Å². The maximum atomic E-state index is 13.3. The number of urea groups is 1. The third kappa shape index (κ3) is 3.61. The van der Waals surface area contributed by atoms with Gasteiger partial charge in [0.15, 0.2) is 0 Å². The van der Waals surface area contributed by atoms with Gasteiger partial charge in [0.1, 0.15) is 17.7 Å². The molecule has 172 valence electrons. The Morgan fingerprint density at radius 1 is 1.16 bits per heavy atom. The molecule has 8 nitrogen and oxygen atoms in total. The highest BCUT2D eigenvalue weighted by molar-refractivity contribution is 6.62. The van der Waals surface area contributed by atoms with E-state index in [-0.39, 0.29) is 0 Å². The van der Waals surface area contributed by atoms with Gasteiger partial charge < -0.3 is 19.4 Å². The lowest BCUT2D eigenvalue weighted by atomic mass is 9.77. The summed E-state index contributed by atoms with van der Waals surface area (Å²) in [6, 6.07) is 5.15. The van der Waals surface area contributed by atoms with Crippen molar-refractivity contribution in [2.45, 2.75) is 83.6 Å². The van der Waals surface area contributed by atoms with Crippen LogP contribution in [0.5, 0.6) is 0 Å². The fraction of sp³-hybridized carbons (Fsp3) is 0.609. The van der Waals surface area contributed by atoms with Crippen molar-refractivity contribution in [1.82, 2.24) is 10.2 Å². The average molecular weight is 442 g/mol. The van der Waals surface area contributed by atoms with E-state index in [1.54, 1.807) is 20.8 Å². The first-order valence-corrected chi connectivity index (χ1v) is 11.0. The number of rotatable bonds is 3. The average Bonchev–Trinajstić information content (AvgIpc) is 3.20. The van der Waals surface area contributed by atoms with Crippen molar-refractivity contribution in [3.8, 4) is 0 Å². The molecule has 1 aromatic carbocycles. The minimum Gasteiger partial charge on any atom is -0.459 e. The third-order valence-electron chi connectivity index (χ3n) is 6.77. The maximum absolute atomic E-state index is 13.3.